The third-order valence-electron chi connectivity index (χ3n) is 4.33. The van der Waals surface area contributed by atoms with Crippen LogP contribution in [0.15, 0.2) is 67.0 Å². The van der Waals surface area contributed by atoms with E-state index in [1.807, 2.05) is 12.1 Å². The van der Waals surface area contributed by atoms with E-state index in [0.717, 1.165) is 11.1 Å². The third-order valence-corrected chi connectivity index (χ3v) is 4.33. The normalized spacial score (nSPS) is 13.7. The Kier molecular flexibility index (Phi) is 4.70. The van der Waals surface area contributed by atoms with E-state index in [1.165, 1.54) is 12.1 Å². The van der Waals surface area contributed by atoms with Crippen LogP contribution < -0.4 is 14.8 Å². The average Bonchev–Trinajstić information content (AvgIpc) is 2.73. The molecule has 0 radical (unpaired) electrons. The van der Waals surface area contributed by atoms with E-state index in [0.29, 0.717) is 30.3 Å². The molecule has 5 nitrogen and oxygen atoms in total. The predicted octanol–water partition coefficient (Wildman–Crippen LogP) is 3.51. The fourth-order valence-corrected chi connectivity index (χ4v) is 3.03. The molecule has 4 rings (SSSR count). The summed E-state index contributed by atoms with van der Waals surface area (Å²) in [6.07, 6.45) is 3.30. The van der Waals surface area contributed by atoms with Crippen LogP contribution in [0.4, 0.5) is 4.39 Å². The van der Waals surface area contributed by atoms with E-state index in [-0.39, 0.29) is 11.7 Å². The van der Waals surface area contributed by atoms with Crippen molar-refractivity contribution in [1.82, 2.24) is 10.3 Å². The summed E-state index contributed by atoms with van der Waals surface area (Å²) in [7, 11) is 0. The van der Waals surface area contributed by atoms with Crippen molar-refractivity contribution >= 4 is 5.91 Å². The summed E-state index contributed by atoms with van der Waals surface area (Å²) in [5.74, 6) is 0.356. The maximum absolute atomic E-state index is 13.3. The zero-order chi connectivity index (χ0) is 18.6. The van der Waals surface area contributed by atoms with Crippen molar-refractivity contribution in [2.45, 2.75) is 6.04 Å². The Morgan fingerprint density at radius 2 is 1.67 bits per heavy atom. The molecule has 1 N–H and O–H groups in total. The van der Waals surface area contributed by atoms with Gasteiger partial charge in [0.05, 0.1) is 11.6 Å². The number of fused-ring (bicyclic) bond motifs is 1. The lowest BCUT2D eigenvalue weighted by molar-refractivity contribution is 0.0932. The van der Waals surface area contributed by atoms with Crippen LogP contribution in [0.25, 0.3) is 0 Å². The number of carbonyl (C=O) groups excluding carboxylic acids is 1. The number of amides is 1. The number of hydrogen-bond donors (Lipinski definition) is 1. The van der Waals surface area contributed by atoms with Gasteiger partial charge in [0.2, 0.25) is 0 Å². The summed E-state index contributed by atoms with van der Waals surface area (Å²) >= 11 is 0. The minimum atomic E-state index is -0.457. The topological polar surface area (TPSA) is 60.5 Å². The molecular formula is C21H17FN2O3. The van der Waals surface area contributed by atoms with Crippen molar-refractivity contribution in [2.24, 2.45) is 0 Å². The lowest BCUT2D eigenvalue weighted by Crippen LogP contribution is -2.30. The molecule has 3 aromatic rings. The molecule has 0 fully saturated rings. The number of nitrogens with one attached hydrogen (secondary N) is 1. The highest BCUT2D eigenvalue weighted by Crippen LogP contribution is 2.34. The summed E-state index contributed by atoms with van der Waals surface area (Å²) in [6.45, 7) is 0.844. The van der Waals surface area contributed by atoms with Gasteiger partial charge in [0.25, 0.3) is 5.91 Å². The number of nitrogens with zero attached hydrogens (tertiary/aromatic N) is 1. The first-order valence-corrected chi connectivity index (χ1v) is 8.57. The van der Waals surface area contributed by atoms with Gasteiger partial charge in [0.1, 0.15) is 19.0 Å². The summed E-state index contributed by atoms with van der Waals surface area (Å²) in [5, 5.41) is 3.01. The monoisotopic (exact) mass is 364 g/mol. The van der Waals surface area contributed by atoms with Gasteiger partial charge in [-0.2, -0.15) is 0 Å². The Labute approximate surface area is 155 Å². The molecule has 1 aliphatic rings. The molecule has 0 spiro atoms. The maximum Gasteiger partial charge on any atom is 0.255 e. The lowest BCUT2D eigenvalue weighted by Gasteiger charge is -2.23. The Morgan fingerprint density at radius 3 is 2.44 bits per heavy atom. The first-order valence-electron chi connectivity index (χ1n) is 8.57. The first kappa shape index (κ1) is 17.0. The van der Waals surface area contributed by atoms with Crippen molar-refractivity contribution < 1.29 is 18.7 Å². The molecule has 1 atom stereocenters. The van der Waals surface area contributed by atoms with E-state index >= 15 is 0 Å². The Hall–Kier alpha value is -3.41. The van der Waals surface area contributed by atoms with Gasteiger partial charge in [-0.1, -0.05) is 18.2 Å². The van der Waals surface area contributed by atoms with Crippen LogP contribution in [0, 0.1) is 5.82 Å². The number of hydrogen-bond acceptors (Lipinski definition) is 4. The van der Waals surface area contributed by atoms with E-state index in [4.69, 9.17) is 9.47 Å². The predicted molar refractivity (Wildman–Crippen MR) is 97.4 cm³/mol. The van der Waals surface area contributed by atoms with E-state index in [9.17, 15) is 9.18 Å². The first-order chi connectivity index (χ1) is 13.2. The molecule has 0 aliphatic carbocycles. The number of ether oxygens (including phenoxy) is 2. The van der Waals surface area contributed by atoms with Gasteiger partial charge in [-0.3, -0.25) is 9.78 Å². The smallest absolute Gasteiger partial charge is 0.255 e. The number of pyridine rings is 1. The van der Waals surface area contributed by atoms with Gasteiger partial charge >= 0.3 is 0 Å². The van der Waals surface area contributed by atoms with Crippen LogP contribution in [0.2, 0.25) is 0 Å². The van der Waals surface area contributed by atoms with Crippen molar-refractivity contribution in [3.63, 3.8) is 0 Å². The number of halogens is 1. The highest BCUT2D eigenvalue weighted by atomic mass is 19.1. The van der Waals surface area contributed by atoms with E-state index in [1.54, 1.807) is 42.7 Å². The Balaban J connectivity index is 1.68. The molecule has 1 aliphatic heterocycles. The number of rotatable bonds is 4. The van der Waals surface area contributed by atoms with Gasteiger partial charge in [0.15, 0.2) is 11.5 Å². The lowest BCUT2D eigenvalue weighted by atomic mass is 9.99. The van der Waals surface area contributed by atoms with E-state index < -0.39 is 6.04 Å². The van der Waals surface area contributed by atoms with Crippen LogP contribution in [0.5, 0.6) is 11.5 Å². The fraction of sp³-hybridized carbons (Fsp3) is 0.143. The molecule has 0 saturated heterocycles. The highest BCUT2D eigenvalue weighted by Gasteiger charge is 2.23. The third kappa shape index (κ3) is 3.60. The van der Waals surface area contributed by atoms with Crippen LogP contribution in [0.1, 0.15) is 27.5 Å². The second kappa shape index (κ2) is 7.45. The van der Waals surface area contributed by atoms with Gasteiger partial charge < -0.3 is 14.8 Å². The van der Waals surface area contributed by atoms with Crippen molar-refractivity contribution in [3.05, 3.63) is 89.5 Å². The quantitative estimate of drug-likeness (QED) is 0.770. The molecule has 0 bridgehead atoms. The van der Waals surface area contributed by atoms with Crippen molar-refractivity contribution in [2.75, 3.05) is 13.2 Å². The molecule has 2 aromatic carbocycles. The average molecular weight is 364 g/mol. The second-order valence-electron chi connectivity index (χ2n) is 6.07. The van der Waals surface area contributed by atoms with Crippen molar-refractivity contribution in [3.8, 4) is 11.5 Å². The Bertz CT molecular complexity index is 945. The summed E-state index contributed by atoms with van der Waals surface area (Å²) < 4.78 is 24.5. The number of para-hydroxylation sites is 1. The molecule has 1 unspecified atom stereocenters. The second-order valence-corrected chi connectivity index (χ2v) is 6.07. The molecule has 2 heterocycles. The number of carbonyl (C=O) groups is 1. The number of aromatic nitrogens is 1. The summed E-state index contributed by atoms with van der Waals surface area (Å²) in [5.41, 5.74) is 2.00. The van der Waals surface area contributed by atoms with Gasteiger partial charge in [-0.25, -0.2) is 4.39 Å². The molecule has 1 amide bonds. The molecule has 136 valence electrons. The SMILES string of the molecule is O=C(NC(c1ccncc1)c1ccc(F)cc1)c1cccc2c1OCCO2. The molecule has 27 heavy (non-hydrogen) atoms. The van der Waals surface area contributed by atoms with Crippen LogP contribution in [0.3, 0.4) is 0 Å². The zero-order valence-corrected chi connectivity index (χ0v) is 14.4. The fourth-order valence-electron chi connectivity index (χ4n) is 3.03. The van der Waals surface area contributed by atoms with Gasteiger partial charge in [0, 0.05) is 12.4 Å². The molecule has 1 aromatic heterocycles. The standard InChI is InChI=1S/C21H17FN2O3/c22-16-6-4-14(5-7-16)19(15-8-10-23-11-9-15)24-21(25)17-2-1-3-18-20(17)27-13-12-26-18/h1-11,19H,12-13H2,(H,24,25). The molecule has 6 heteroatoms. The van der Waals surface area contributed by atoms with E-state index in [2.05, 4.69) is 10.3 Å². The zero-order valence-electron chi connectivity index (χ0n) is 14.4. The number of benzene rings is 2. The van der Waals surface area contributed by atoms with Crippen molar-refractivity contribution in [1.29, 1.82) is 0 Å². The van der Waals surface area contributed by atoms with Gasteiger partial charge in [-0.15, -0.1) is 0 Å². The van der Waals surface area contributed by atoms with Crippen LogP contribution in [-0.2, 0) is 0 Å². The molecular weight excluding hydrogens is 347 g/mol. The maximum atomic E-state index is 13.3. The largest absolute Gasteiger partial charge is 0.486 e. The van der Waals surface area contributed by atoms with Gasteiger partial charge in [-0.05, 0) is 47.5 Å². The minimum absolute atomic E-state index is 0.302. The van der Waals surface area contributed by atoms with Crippen LogP contribution in [-0.4, -0.2) is 24.1 Å². The summed E-state index contributed by atoms with van der Waals surface area (Å²) in [4.78, 5) is 17.0. The molecule has 0 saturated carbocycles. The highest BCUT2D eigenvalue weighted by molar-refractivity contribution is 5.98. The summed E-state index contributed by atoms with van der Waals surface area (Å²) in [6, 6.07) is 14.4. The minimum Gasteiger partial charge on any atom is -0.486 e. The van der Waals surface area contributed by atoms with Crippen LogP contribution >= 0.6 is 0 Å². The Morgan fingerprint density at radius 1 is 0.963 bits per heavy atom.